The van der Waals surface area contributed by atoms with Gasteiger partial charge in [-0.15, -0.1) is 0 Å². The fourth-order valence-electron chi connectivity index (χ4n) is 1.72. The highest BCUT2D eigenvalue weighted by molar-refractivity contribution is 5.43. The maximum atomic E-state index is 4.53. The van der Waals surface area contributed by atoms with Gasteiger partial charge in [-0.25, -0.2) is 0 Å². The van der Waals surface area contributed by atoms with E-state index >= 15 is 0 Å². The van der Waals surface area contributed by atoms with E-state index in [1.54, 1.807) is 0 Å². The minimum absolute atomic E-state index is 0.381. The zero-order chi connectivity index (χ0) is 12.0. The van der Waals surface area contributed by atoms with Crippen molar-refractivity contribution in [3.63, 3.8) is 0 Å². The minimum Gasteiger partial charge on any atom is -0.374 e. The second kappa shape index (κ2) is 6.48. The Bertz CT molecular complexity index is 295. The van der Waals surface area contributed by atoms with Crippen molar-refractivity contribution in [2.75, 3.05) is 25.0 Å². The molecule has 1 rings (SSSR count). The van der Waals surface area contributed by atoms with Gasteiger partial charge >= 0.3 is 0 Å². The molecule has 1 aromatic heterocycles. The zero-order valence-electron chi connectivity index (χ0n) is 10.8. The van der Waals surface area contributed by atoms with Gasteiger partial charge in [-0.2, -0.15) is 0 Å². The van der Waals surface area contributed by atoms with Crippen molar-refractivity contribution in [1.82, 2.24) is 10.3 Å². The molecule has 90 valence electrons. The lowest BCUT2D eigenvalue weighted by molar-refractivity contribution is 0.525. The summed E-state index contributed by atoms with van der Waals surface area (Å²) in [7, 11) is 2.08. The van der Waals surface area contributed by atoms with Gasteiger partial charge < -0.3 is 10.2 Å². The molecule has 0 radical (unpaired) electrons. The minimum atomic E-state index is 0.381. The van der Waals surface area contributed by atoms with Crippen molar-refractivity contribution in [2.24, 2.45) is 0 Å². The predicted octanol–water partition coefficient (Wildman–Crippen LogP) is 2.60. The highest BCUT2D eigenvalue weighted by atomic mass is 15.1. The highest BCUT2D eigenvalue weighted by Gasteiger charge is 2.09. The molecule has 3 heteroatoms. The second-order valence-corrected chi connectivity index (χ2v) is 3.97. The molecule has 1 N–H and O–H groups in total. The predicted molar refractivity (Wildman–Crippen MR) is 69.9 cm³/mol. The zero-order valence-corrected chi connectivity index (χ0v) is 10.8. The summed E-state index contributed by atoms with van der Waals surface area (Å²) in [4.78, 5) is 6.72. The van der Waals surface area contributed by atoms with Gasteiger partial charge in [0.05, 0.1) is 17.6 Å². The molecule has 1 unspecified atom stereocenters. The largest absolute Gasteiger partial charge is 0.374 e. The fraction of sp³-hybridized carbons (Fsp3) is 0.615. The van der Waals surface area contributed by atoms with Crippen LogP contribution in [0.4, 0.5) is 5.69 Å². The molecule has 0 fully saturated rings. The van der Waals surface area contributed by atoms with E-state index in [1.165, 1.54) is 5.69 Å². The van der Waals surface area contributed by atoms with E-state index in [2.05, 4.69) is 55.2 Å². The highest BCUT2D eigenvalue weighted by Crippen LogP contribution is 2.17. The normalized spacial score (nSPS) is 12.5. The lowest BCUT2D eigenvalue weighted by Gasteiger charge is -2.19. The first-order chi connectivity index (χ1) is 7.72. The van der Waals surface area contributed by atoms with Crippen LogP contribution in [0.15, 0.2) is 18.3 Å². The van der Waals surface area contributed by atoms with Gasteiger partial charge in [0.1, 0.15) is 0 Å². The summed E-state index contributed by atoms with van der Waals surface area (Å²) in [6.07, 6.45) is 3.03. The average molecular weight is 221 g/mol. The maximum absolute atomic E-state index is 4.53. The van der Waals surface area contributed by atoms with E-state index in [0.29, 0.717) is 6.04 Å². The molecule has 0 saturated carbocycles. The molecule has 0 spiro atoms. The van der Waals surface area contributed by atoms with Gasteiger partial charge in [0, 0.05) is 19.6 Å². The van der Waals surface area contributed by atoms with E-state index < -0.39 is 0 Å². The summed E-state index contributed by atoms with van der Waals surface area (Å²) in [5.74, 6) is 0. The summed E-state index contributed by atoms with van der Waals surface area (Å²) in [6, 6.07) is 4.65. The van der Waals surface area contributed by atoms with Crippen LogP contribution in [0.2, 0.25) is 0 Å². The van der Waals surface area contributed by atoms with Crippen molar-refractivity contribution in [3.8, 4) is 0 Å². The summed E-state index contributed by atoms with van der Waals surface area (Å²) in [5, 5.41) is 3.44. The number of rotatable bonds is 6. The topological polar surface area (TPSA) is 28.2 Å². The van der Waals surface area contributed by atoms with Crippen molar-refractivity contribution in [2.45, 2.75) is 33.2 Å². The molecule has 0 aliphatic carbocycles. The van der Waals surface area contributed by atoms with Gasteiger partial charge in [0.15, 0.2) is 0 Å². The Kier molecular flexibility index (Phi) is 5.26. The lowest BCUT2D eigenvalue weighted by atomic mass is 10.1. The first-order valence-corrected chi connectivity index (χ1v) is 6.13. The van der Waals surface area contributed by atoms with Crippen LogP contribution < -0.4 is 10.2 Å². The molecule has 1 aromatic rings. The maximum Gasteiger partial charge on any atom is 0.0574 e. The van der Waals surface area contributed by atoms with E-state index in [1.807, 2.05) is 6.20 Å². The third-order valence-corrected chi connectivity index (χ3v) is 2.90. The molecular formula is C13H23N3. The Labute approximate surface area is 98.9 Å². The molecule has 0 amide bonds. The first kappa shape index (κ1) is 13.0. The number of anilines is 1. The Balaban J connectivity index is 2.76. The third-order valence-electron chi connectivity index (χ3n) is 2.90. The molecule has 1 heterocycles. The Hall–Kier alpha value is -1.09. The first-order valence-electron chi connectivity index (χ1n) is 6.13. The molecule has 3 nitrogen and oxygen atoms in total. The van der Waals surface area contributed by atoms with Crippen LogP contribution in [0.5, 0.6) is 0 Å². The van der Waals surface area contributed by atoms with E-state index in [-0.39, 0.29) is 0 Å². The number of hydrogen-bond donors (Lipinski definition) is 1. The van der Waals surface area contributed by atoms with Gasteiger partial charge in [0.25, 0.3) is 0 Å². The number of nitrogens with zero attached hydrogens (tertiary/aromatic N) is 2. The standard InChI is InChI=1S/C13H23N3/c1-5-12(14-6-2)13-9-8-11(10-15-13)16(4)7-3/h8-10,12,14H,5-7H2,1-4H3. The molecule has 1 atom stereocenters. The lowest BCUT2D eigenvalue weighted by Crippen LogP contribution is -2.21. The molecule has 16 heavy (non-hydrogen) atoms. The van der Waals surface area contributed by atoms with Crippen molar-refractivity contribution < 1.29 is 0 Å². The number of pyridine rings is 1. The molecule has 0 aliphatic heterocycles. The number of aromatic nitrogens is 1. The van der Waals surface area contributed by atoms with Gasteiger partial charge in [-0.1, -0.05) is 13.8 Å². The van der Waals surface area contributed by atoms with Crippen molar-refractivity contribution in [1.29, 1.82) is 0 Å². The average Bonchev–Trinajstić information content (AvgIpc) is 2.35. The summed E-state index contributed by atoms with van der Waals surface area (Å²) < 4.78 is 0. The number of hydrogen-bond acceptors (Lipinski definition) is 3. The quantitative estimate of drug-likeness (QED) is 0.800. The molecule has 0 aromatic carbocycles. The number of nitrogens with one attached hydrogen (secondary N) is 1. The van der Waals surface area contributed by atoms with Crippen LogP contribution in [0.3, 0.4) is 0 Å². The van der Waals surface area contributed by atoms with Crippen LogP contribution in [-0.2, 0) is 0 Å². The Morgan fingerprint density at radius 1 is 1.31 bits per heavy atom. The Morgan fingerprint density at radius 3 is 2.50 bits per heavy atom. The smallest absolute Gasteiger partial charge is 0.0574 e. The van der Waals surface area contributed by atoms with Crippen LogP contribution in [0, 0.1) is 0 Å². The molecular weight excluding hydrogens is 198 g/mol. The van der Waals surface area contributed by atoms with Crippen LogP contribution in [0.1, 0.15) is 38.9 Å². The second-order valence-electron chi connectivity index (χ2n) is 3.97. The van der Waals surface area contributed by atoms with Gasteiger partial charge in [-0.05, 0) is 32.0 Å². The molecule has 0 bridgehead atoms. The fourth-order valence-corrected chi connectivity index (χ4v) is 1.72. The summed E-state index contributed by atoms with van der Waals surface area (Å²) in [6.45, 7) is 8.44. The van der Waals surface area contributed by atoms with Gasteiger partial charge in [-0.3, -0.25) is 4.98 Å². The van der Waals surface area contributed by atoms with Crippen molar-refractivity contribution >= 4 is 5.69 Å². The van der Waals surface area contributed by atoms with E-state index in [9.17, 15) is 0 Å². The third kappa shape index (κ3) is 3.20. The monoisotopic (exact) mass is 221 g/mol. The van der Waals surface area contributed by atoms with Crippen LogP contribution >= 0.6 is 0 Å². The van der Waals surface area contributed by atoms with Crippen LogP contribution in [0.25, 0.3) is 0 Å². The van der Waals surface area contributed by atoms with Crippen LogP contribution in [-0.4, -0.2) is 25.1 Å². The van der Waals surface area contributed by atoms with E-state index in [0.717, 1.165) is 25.2 Å². The van der Waals surface area contributed by atoms with Gasteiger partial charge in [0.2, 0.25) is 0 Å². The Morgan fingerprint density at radius 2 is 2.06 bits per heavy atom. The van der Waals surface area contributed by atoms with E-state index in [4.69, 9.17) is 0 Å². The SMILES string of the molecule is CCNC(CC)c1ccc(N(C)CC)cn1. The molecule has 0 saturated heterocycles. The van der Waals surface area contributed by atoms with Crippen molar-refractivity contribution in [3.05, 3.63) is 24.0 Å². The summed E-state index contributed by atoms with van der Waals surface area (Å²) in [5.41, 5.74) is 2.32. The molecule has 0 aliphatic rings. The summed E-state index contributed by atoms with van der Waals surface area (Å²) >= 11 is 0.